The molecule has 0 aliphatic heterocycles. The van der Waals surface area contributed by atoms with E-state index in [2.05, 4.69) is 0 Å². The molecule has 0 bridgehead atoms. The number of aromatic nitrogens is 2. The smallest absolute Gasteiger partial charge is 0.178 e. The second-order valence-electron chi connectivity index (χ2n) is 4.70. The van der Waals surface area contributed by atoms with E-state index in [4.69, 9.17) is 0 Å². The zero-order chi connectivity index (χ0) is 15.1. The van der Waals surface area contributed by atoms with Crippen LogP contribution in [0.15, 0.2) is 36.8 Å². The summed E-state index contributed by atoms with van der Waals surface area (Å²) >= 11 is 0. The average Bonchev–Trinajstić information content (AvgIpc) is 2.43. The lowest BCUT2D eigenvalue weighted by Gasteiger charge is -1.92. The fourth-order valence-electron chi connectivity index (χ4n) is 1.66. The molecule has 104 valence electrons. The molecule has 0 fully saturated rings. The fourth-order valence-corrected chi connectivity index (χ4v) is 1.66. The zero-order valence-corrected chi connectivity index (χ0v) is 12.3. The predicted molar refractivity (Wildman–Crippen MR) is 75.5 cm³/mol. The number of aryl methyl sites for hydroxylation is 4. The van der Waals surface area contributed by atoms with Gasteiger partial charge in [-0.05, 0) is 6.92 Å². The average molecular weight is 272 g/mol. The topological polar surface area (TPSA) is 41.9 Å². The second kappa shape index (κ2) is 7.28. The van der Waals surface area contributed by atoms with Crippen molar-refractivity contribution in [3.05, 3.63) is 59.2 Å². The predicted octanol–water partition coefficient (Wildman–Crippen LogP) is 1.26. The molecule has 0 spiro atoms. The minimum Gasteiger partial charge on any atom is -0.298 e. The Balaban J connectivity index is 0.000000200. The van der Waals surface area contributed by atoms with Crippen molar-refractivity contribution >= 4 is 12.6 Å². The molecule has 0 aliphatic carbocycles. The van der Waals surface area contributed by atoms with E-state index in [1.165, 1.54) is 0 Å². The first kappa shape index (κ1) is 15.7. The molecule has 20 heavy (non-hydrogen) atoms. The molecule has 2 aromatic heterocycles. The lowest BCUT2D eigenvalue weighted by Crippen LogP contribution is -2.31. The summed E-state index contributed by atoms with van der Waals surface area (Å²) in [6.07, 6.45) is 7.38. The number of hydrogen-bond donors (Lipinski definition) is 0. The highest BCUT2D eigenvalue weighted by molar-refractivity contribution is 5.76. The van der Waals surface area contributed by atoms with Gasteiger partial charge in [0.25, 0.3) is 0 Å². The van der Waals surface area contributed by atoms with Crippen LogP contribution in [0.3, 0.4) is 0 Å². The summed E-state index contributed by atoms with van der Waals surface area (Å²) in [4.78, 5) is 20.6. The molecule has 4 nitrogen and oxygen atoms in total. The molecule has 2 heterocycles. The first-order valence-corrected chi connectivity index (χ1v) is 6.30. The molecule has 0 aliphatic rings. The number of nitrogens with zero attached hydrogens (tertiary/aromatic N) is 2. The van der Waals surface area contributed by atoms with E-state index in [1.54, 1.807) is 6.07 Å². The molecule has 0 unspecified atom stereocenters. The van der Waals surface area contributed by atoms with Crippen LogP contribution < -0.4 is 9.13 Å². The molecule has 0 radical (unpaired) electrons. The van der Waals surface area contributed by atoms with Crippen molar-refractivity contribution in [3.63, 3.8) is 0 Å². The number of rotatable bonds is 2. The summed E-state index contributed by atoms with van der Waals surface area (Å²) in [6.45, 7) is 3.89. The molecule has 0 aromatic carbocycles. The number of aldehydes is 2. The van der Waals surface area contributed by atoms with Crippen LogP contribution >= 0.6 is 0 Å². The van der Waals surface area contributed by atoms with Gasteiger partial charge in [-0.15, -0.1) is 0 Å². The van der Waals surface area contributed by atoms with Crippen LogP contribution in [0.5, 0.6) is 0 Å². The number of pyridine rings is 2. The van der Waals surface area contributed by atoms with Crippen LogP contribution in [0.2, 0.25) is 0 Å². The molecule has 2 aromatic rings. The summed E-state index contributed by atoms with van der Waals surface area (Å²) in [7, 11) is 3.88. The summed E-state index contributed by atoms with van der Waals surface area (Å²) in [6, 6.07) is 5.45. The Morgan fingerprint density at radius 2 is 1.70 bits per heavy atom. The van der Waals surface area contributed by atoms with Gasteiger partial charge < -0.3 is 0 Å². The molecular weight excluding hydrogens is 252 g/mol. The van der Waals surface area contributed by atoms with Crippen molar-refractivity contribution in [1.29, 1.82) is 0 Å². The van der Waals surface area contributed by atoms with Crippen molar-refractivity contribution in [1.82, 2.24) is 0 Å². The van der Waals surface area contributed by atoms with Crippen LogP contribution in [0.25, 0.3) is 0 Å². The standard InChI is InChI=1S/2C8H10NO/c1-7-5-9(2)4-3-8(7)6-10;1-7-5-8(6-10)3-4-9(7)2/h2*3-6H,1-2H3/q2*+1. The quantitative estimate of drug-likeness (QED) is 0.610. The highest BCUT2D eigenvalue weighted by Crippen LogP contribution is 1.98. The Kier molecular flexibility index (Phi) is 5.72. The Bertz CT molecular complexity index is 622. The molecule has 0 atom stereocenters. The summed E-state index contributed by atoms with van der Waals surface area (Å²) in [5, 5.41) is 0. The molecule has 0 N–H and O–H groups in total. The third-order valence-corrected chi connectivity index (χ3v) is 3.03. The van der Waals surface area contributed by atoms with Crippen LogP contribution in [0.4, 0.5) is 0 Å². The molecule has 4 heteroatoms. The van der Waals surface area contributed by atoms with E-state index in [9.17, 15) is 9.59 Å². The maximum atomic E-state index is 10.3. The molecule has 2 rings (SSSR count). The summed E-state index contributed by atoms with van der Waals surface area (Å²) in [5.41, 5.74) is 3.60. The van der Waals surface area contributed by atoms with Crippen LogP contribution in [-0.4, -0.2) is 12.6 Å². The number of carbonyl (C=O) groups excluding carboxylic acids is 2. The zero-order valence-electron chi connectivity index (χ0n) is 12.3. The summed E-state index contributed by atoms with van der Waals surface area (Å²) in [5.74, 6) is 0. The van der Waals surface area contributed by atoms with E-state index in [0.29, 0.717) is 0 Å². The van der Waals surface area contributed by atoms with Crippen molar-refractivity contribution in [2.45, 2.75) is 13.8 Å². The minimum absolute atomic E-state index is 0.732. The molecule has 0 saturated heterocycles. The first-order chi connectivity index (χ1) is 9.47. The van der Waals surface area contributed by atoms with Gasteiger partial charge in [-0.3, -0.25) is 9.59 Å². The van der Waals surface area contributed by atoms with Gasteiger partial charge >= 0.3 is 0 Å². The third kappa shape index (κ3) is 4.39. The number of hydrogen-bond acceptors (Lipinski definition) is 2. The fraction of sp³-hybridized carbons (Fsp3) is 0.250. The van der Waals surface area contributed by atoms with Crippen LogP contribution in [-0.2, 0) is 14.1 Å². The largest absolute Gasteiger partial charge is 0.298 e. The molecule has 0 saturated carbocycles. The van der Waals surface area contributed by atoms with E-state index < -0.39 is 0 Å². The monoisotopic (exact) mass is 272 g/mol. The van der Waals surface area contributed by atoms with Gasteiger partial charge in [-0.25, -0.2) is 9.13 Å². The van der Waals surface area contributed by atoms with Gasteiger partial charge in [0.1, 0.15) is 14.1 Å². The van der Waals surface area contributed by atoms with Gasteiger partial charge in [0.2, 0.25) is 0 Å². The Labute approximate surface area is 119 Å². The van der Waals surface area contributed by atoms with Gasteiger partial charge in [0.05, 0.1) is 0 Å². The lowest BCUT2D eigenvalue weighted by molar-refractivity contribution is -0.677. The van der Waals surface area contributed by atoms with Crippen molar-refractivity contribution < 1.29 is 18.7 Å². The first-order valence-electron chi connectivity index (χ1n) is 6.30. The number of carbonyl (C=O) groups is 2. The van der Waals surface area contributed by atoms with E-state index >= 15 is 0 Å². The summed E-state index contributed by atoms with van der Waals surface area (Å²) < 4.78 is 3.88. The third-order valence-electron chi connectivity index (χ3n) is 3.03. The second-order valence-corrected chi connectivity index (χ2v) is 4.70. The van der Waals surface area contributed by atoms with Gasteiger partial charge in [-0.1, -0.05) is 0 Å². The maximum absolute atomic E-state index is 10.3. The Hall–Kier alpha value is -2.36. The normalized spacial score (nSPS) is 9.40. The molecule has 0 amide bonds. The van der Waals surface area contributed by atoms with Crippen molar-refractivity contribution in [3.8, 4) is 0 Å². The molecular formula is C16H20N2O2+2. The Morgan fingerprint density at radius 1 is 1.00 bits per heavy atom. The van der Waals surface area contributed by atoms with Crippen molar-refractivity contribution in [2.24, 2.45) is 14.1 Å². The minimum atomic E-state index is 0.732. The lowest BCUT2D eigenvalue weighted by atomic mass is 10.2. The van der Waals surface area contributed by atoms with Crippen LogP contribution in [0.1, 0.15) is 32.0 Å². The SMILES string of the molecule is Cc1c[n+](C)ccc1C=O.Cc1cc(C=O)cc[n+]1C. The van der Waals surface area contributed by atoms with Gasteiger partial charge in [0, 0.05) is 41.8 Å². The Morgan fingerprint density at radius 3 is 2.20 bits per heavy atom. The van der Waals surface area contributed by atoms with Gasteiger partial charge in [-0.2, -0.15) is 0 Å². The van der Waals surface area contributed by atoms with E-state index in [0.717, 1.165) is 35.0 Å². The van der Waals surface area contributed by atoms with Crippen LogP contribution in [0, 0.1) is 13.8 Å². The maximum Gasteiger partial charge on any atom is 0.178 e. The van der Waals surface area contributed by atoms with E-state index in [1.807, 2.05) is 67.8 Å². The van der Waals surface area contributed by atoms with Gasteiger partial charge in [0.15, 0.2) is 36.9 Å². The van der Waals surface area contributed by atoms with E-state index in [-0.39, 0.29) is 0 Å². The van der Waals surface area contributed by atoms with Crippen molar-refractivity contribution in [2.75, 3.05) is 0 Å². The highest BCUT2D eigenvalue weighted by atomic mass is 16.1. The highest BCUT2D eigenvalue weighted by Gasteiger charge is 2.00.